The Bertz CT molecular complexity index is 1150. The molecule has 0 radical (unpaired) electrons. The molecule has 3 nitrogen and oxygen atoms in total. The fourth-order valence-electron chi connectivity index (χ4n) is 4.92. The van der Waals surface area contributed by atoms with Gasteiger partial charge >= 0.3 is 0 Å². The second kappa shape index (κ2) is 9.48. The summed E-state index contributed by atoms with van der Waals surface area (Å²) in [5, 5.41) is 11.5. The van der Waals surface area contributed by atoms with Crippen molar-refractivity contribution in [2.24, 2.45) is 0 Å². The number of rotatable bonds is 3. The van der Waals surface area contributed by atoms with Gasteiger partial charge in [0.1, 0.15) is 0 Å². The number of fused-ring (bicyclic) bond motifs is 2. The predicted molar refractivity (Wildman–Crippen MR) is 134 cm³/mol. The summed E-state index contributed by atoms with van der Waals surface area (Å²) < 4.78 is 1.03. The van der Waals surface area contributed by atoms with E-state index in [9.17, 15) is 5.11 Å². The Morgan fingerprint density at radius 2 is 1.72 bits per heavy atom. The van der Waals surface area contributed by atoms with Crippen LogP contribution in [0.2, 0.25) is 5.02 Å². The van der Waals surface area contributed by atoms with Crippen LogP contribution in [-0.2, 0) is 12.8 Å². The molecule has 2 heterocycles. The van der Waals surface area contributed by atoms with Crippen LogP contribution in [0.5, 0.6) is 0 Å². The molecule has 164 valence electrons. The molecule has 5 heteroatoms. The maximum absolute atomic E-state index is 10.7. The molecule has 2 aliphatic rings. The van der Waals surface area contributed by atoms with Gasteiger partial charge in [-0.1, -0.05) is 57.4 Å². The number of pyridine rings is 1. The van der Waals surface area contributed by atoms with Crippen LogP contribution < -0.4 is 0 Å². The highest BCUT2D eigenvalue weighted by Crippen LogP contribution is 2.38. The molecule has 0 spiro atoms. The van der Waals surface area contributed by atoms with Gasteiger partial charge in [0.15, 0.2) is 0 Å². The molecule has 3 aromatic rings. The number of aromatic nitrogens is 1. The number of aryl methyl sites for hydroxylation is 2. The summed E-state index contributed by atoms with van der Waals surface area (Å²) >= 11 is 9.80. The summed E-state index contributed by atoms with van der Waals surface area (Å²) in [5.74, 6) is 0. The number of β-amino-alcohol motifs (C(OH)–C–C–N with tert-alkyl or cyclic N) is 1. The van der Waals surface area contributed by atoms with Gasteiger partial charge < -0.3 is 5.11 Å². The molecule has 0 bridgehead atoms. The zero-order valence-corrected chi connectivity index (χ0v) is 20.2. The van der Waals surface area contributed by atoms with Crippen LogP contribution in [0.4, 0.5) is 0 Å². The Morgan fingerprint density at radius 1 is 0.969 bits per heavy atom. The Balaban J connectivity index is 1.41. The van der Waals surface area contributed by atoms with E-state index >= 15 is 0 Å². The van der Waals surface area contributed by atoms with Gasteiger partial charge in [-0.15, -0.1) is 0 Å². The van der Waals surface area contributed by atoms with E-state index in [-0.39, 0.29) is 0 Å². The fourth-order valence-corrected chi connectivity index (χ4v) is 5.38. The third-order valence-corrected chi connectivity index (χ3v) is 7.39. The minimum Gasteiger partial charge on any atom is -0.387 e. The van der Waals surface area contributed by atoms with Gasteiger partial charge in [-0.05, 0) is 78.3 Å². The van der Waals surface area contributed by atoms with Crippen LogP contribution in [0.1, 0.15) is 46.9 Å². The van der Waals surface area contributed by atoms with E-state index in [1.807, 2.05) is 42.6 Å². The van der Waals surface area contributed by atoms with Gasteiger partial charge in [-0.2, -0.15) is 0 Å². The number of benzene rings is 2. The standard InChI is InChI=1S/C27H26BrClN2O/c28-22-7-5-18(6-8-22)25(32)17-31-14-11-19(12-15-31)26-24-10-9-23(29)16-21(24)4-3-20-2-1-13-30-27(20)26/h1-2,5-10,13,16,25,32H,3-4,11-12,14-15,17H2. The number of aliphatic hydroxyl groups is 1. The van der Waals surface area contributed by atoms with Crippen LogP contribution in [-0.4, -0.2) is 34.6 Å². The van der Waals surface area contributed by atoms with Crippen LogP contribution in [0.15, 0.2) is 70.8 Å². The average Bonchev–Trinajstić information content (AvgIpc) is 2.97. The summed E-state index contributed by atoms with van der Waals surface area (Å²) in [6, 6.07) is 18.5. The van der Waals surface area contributed by atoms with Crippen molar-refractivity contribution in [2.75, 3.05) is 19.6 Å². The van der Waals surface area contributed by atoms with E-state index in [2.05, 4.69) is 39.0 Å². The van der Waals surface area contributed by atoms with Crippen molar-refractivity contribution >= 4 is 33.1 Å². The van der Waals surface area contributed by atoms with Crippen molar-refractivity contribution in [2.45, 2.75) is 31.8 Å². The topological polar surface area (TPSA) is 36.4 Å². The van der Waals surface area contributed by atoms with Crippen LogP contribution >= 0.6 is 27.5 Å². The molecule has 1 aliphatic carbocycles. The number of halogens is 2. The normalized spacial score (nSPS) is 17.5. The lowest BCUT2D eigenvalue weighted by atomic mass is 9.88. The van der Waals surface area contributed by atoms with Gasteiger partial charge in [-0.25, -0.2) is 0 Å². The number of nitrogens with zero attached hydrogens (tertiary/aromatic N) is 2. The average molecular weight is 510 g/mol. The quantitative estimate of drug-likeness (QED) is 0.455. The molecule has 1 aliphatic heterocycles. The molecular weight excluding hydrogens is 484 g/mol. The lowest BCUT2D eigenvalue weighted by molar-refractivity contribution is 0.108. The van der Waals surface area contributed by atoms with E-state index < -0.39 is 6.10 Å². The lowest BCUT2D eigenvalue weighted by Gasteiger charge is -2.31. The highest BCUT2D eigenvalue weighted by Gasteiger charge is 2.26. The van der Waals surface area contributed by atoms with Crippen LogP contribution in [0, 0.1) is 0 Å². The van der Waals surface area contributed by atoms with Gasteiger partial charge in [0.05, 0.1) is 11.8 Å². The first-order chi connectivity index (χ1) is 15.6. The molecule has 1 aromatic heterocycles. The minimum atomic E-state index is -0.472. The van der Waals surface area contributed by atoms with Crippen LogP contribution in [0.3, 0.4) is 0 Å². The van der Waals surface area contributed by atoms with Gasteiger partial charge in [0.2, 0.25) is 0 Å². The summed E-state index contributed by atoms with van der Waals surface area (Å²) in [5.41, 5.74) is 8.77. The number of hydrogen-bond donors (Lipinski definition) is 1. The Hall–Kier alpha value is -1.98. The van der Waals surface area contributed by atoms with Crippen molar-refractivity contribution in [3.63, 3.8) is 0 Å². The monoisotopic (exact) mass is 508 g/mol. The maximum Gasteiger partial charge on any atom is 0.0916 e. The van der Waals surface area contributed by atoms with Gasteiger partial charge in [-0.3, -0.25) is 9.88 Å². The SMILES string of the molecule is OC(CN1CCC(=C2c3ccc(Cl)cc3CCc3cccnc32)CC1)c1ccc(Br)cc1. The van der Waals surface area contributed by atoms with E-state index in [0.717, 1.165) is 59.5 Å². The number of aliphatic hydroxyl groups excluding tert-OH is 1. The van der Waals surface area contributed by atoms with Crippen molar-refractivity contribution in [3.8, 4) is 0 Å². The second-order valence-corrected chi connectivity index (χ2v) is 10.0. The molecule has 0 amide bonds. The summed E-state index contributed by atoms with van der Waals surface area (Å²) in [6.07, 6.45) is 5.38. The van der Waals surface area contributed by atoms with E-state index in [1.54, 1.807) is 0 Å². The first-order valence-corrected chi connectivity index (χ1v) is 12.4. The lowest BCUT2D eigenvalue weighted by Crippen LogP contribution is -2.34. The highest BCUT2D eigenvalue weighted by molar-refractivity contribution is 9.10. The molecule has 5 rings (SSSR count). The Kier molecular flexibility index (Phi) is 6.47. The molecule has 2 aromatic carbocycles. The van der Waals surface area contributed by atoms with Gasteiger partial charge in [0, 0.05) is 40.9 Å². The first-order valence-electron chi connectivity index (χ1n) is 11.2. The summed E-state index contributed by atoms with van der Waals surface area (Å²) in [7, 11) is 0. The third-order valence-electron chi connectivity index (χ3n) is 6.63. The second-order valence-electron chi connectivity index (χ2n) is 8.66. The third kappa shape index (κ3) is 4.55. The van der Waals surface area contributed by atoms with Gasteiger partial charge in [0.25, 0.3) is 0 Å². The zero-order valence-electron chi connectivity index (χ0n) is 17.9. The number of hydrogen-bond acceptors (Lipinski definition) is 3. The summed E-state index contributed by atoms with van der Waals surface area (Å²) in [6.45, 7) is 2.54. The predicted octanol–water partition coefficient (Wildman–Crippen LogP) is 6.23. The minimum absolute atomic E-state index is 0.472. The van der Waals surface area contributed by atoms with Crippen LogP contribution in [0.25, 0.3) is 5.57 Å². The zero-order chi connectivity index (χ0) is 22.1. The molecule has 1 fully saturated rings. The van der Waals surface area contributed by atoms with E-state index in [0.29, 0.717) is 6.54 Å². The van der Waals surface area contributed by atoms with Crippen molar-refractivity contribution in [1.82, 2.24) is 9.88 Å². The molecule has 1 N–H and O–H groups in total. The van der Waals surface area contributed by atoms with Crippen molar-refractivity contribution in [1.29, 1.82) is 0 Å². The molecule has 1 unspecified atom stereocenters. The number of piperidine rings is 1. The number of likely N-dealkylation sites (tertiary alicyclic amines) is 1. The highest BCUT2D eigenvalue weighted by atomic mass is 79.9. The molecule has 1 atom stereocenters. The van der Waals surface area contributed by atoms with Crippen molar-refractivity contribution in [3.05, 3.63) is 104 Å². The van der Waals surface area contributed by atoms with E-state index in [1.165, 1.54) is 27.8 Å². The summed E-state index contributed by atoms with van der Waals surface area (Å²) in [4.78, 5) is 7.19. The Morgan fingerprint density at radius 3 is 2.50 bits per heavy atom. The molecule has 1 saturated heterocycles. The fraction of sp³-hybridized carbons (Fsp3) is 0.296. The molecular formula is C27H26BrClN2O. The maximum atomic E-state index is 10.7. The van der Waals surface area contributed by atoms with Crippen molar-refractivity contribution < 1.29 is 5.11 Å². The Labute approximate surface area is 202 Å². The molecule has 0 saturated carbocycles. The largest absolute Gasteiger partial charge is 0.387 e. The molecule has 32 heavy (non-hydrogen) atoms. The van der Waals surface area contributed by atoms with E-state index in [4.69, 9.17) is 16.6 Å². The smallest absolute Gasteiger partial charge is 0.0916 e. The first kappa shape index (κ1) is 21.8.